The first-order valence-corrected chi connectivity index (χ1v) is 8.07. The number of hydrogen-bond acceptors (Lipinski definition) is 4. The fourth-order valence-electron chi connectivity index (χ4n) is 2.75. The molecule has 3 aromatic rings. The molecule has 6 heteroatoms. The Morgan fingerprint density at radius 2 is 1.92 bits per heavy atom. The van der Waals surface area contributed by atoms with Crippen LogP contribution >= 0.6 is 11.6 Å². The van der Waals surface area contributed by atoms with Gasteiger partial charge in [-0.25, -0.2) is 4.79 Å². The van der Waals surface area contributed by atoms with Crippen LogP contribution in [0.4, 0.5) is 0 Å². The van der Waals surface area contributed by atoms with Gasteiger partial charge in [-0.2, -0.15) is 0 Å². The van der Waals surface area contributed by atoms with Crippen LogP contribution in [0, 0.1) is 6.92 Å². The molecule has 0 radical (unpaired) electrons. The van der Waals surface area contributed by atoms with Gasteiger partial charge in [-0.15, -0.1) is 0 Å². The average molecular weight is 358 g/mol. The van der Waals surface area contributed by atoms with Crippen LogP contribution in [0.3, 0.4) is 0 Å². The lowest BCUT2D eigenvalue weighted by atomic mass is 10.0. The quantitative estimate of drug-likeness (QED) is 0.540. The number of fused-ring (bicyclic) bond motifs is 1. The fraction of sp³-hybridized carbons (Fsp3) is 0.158. The molecule has 2 aromatic carbocycles. The first-order valence-electron chi connectivity index (χ1n) is 7.69. The molecule has 0 unspecified atom stereocenters. The molecule has 0 fully saturated rings. The standard InChI is InChI=1S/C19H16ClNO4/c1-10-17(13-5-3-4-6-15(13)21-10)18(23)11(2)25-19(24)14-9-12(20)7-8-16(14)22/h3-9,11,21-22H,1-2H3/t11-/m1/s1. The molecule has 128 valence electrons. The summed E-state index contributed by atoms with van der Waals surface area (Å²) in [5.41, 5.74) is 1.96. The molecule has 0 saturated carbocycles. The normalized spacial score (nSPS) is 12.1. The number of halogens is 1. The summed E-state index contributed by atoms with van der Waals surface area (Å²) in [5, 5.41) is 10.8. The second kappa shape index (κ2) is 6.61. The Balaban J connectivity index is 1.86. The molecule has 0 aliphatic rings. The summed E-state index contributed by atoms with van der Waals surface area (Å²) in [5.74, 6) is -1.37. The van der Waals surface area contributed by atoms with Gasteiger partial charge in [-0.05, 0) is 38.1 Å². The van der Waals surface area contributed by atoms with Crippen LogP contribution in [-0.4, -0.2) is 27.9 Å². The van der Waals surface area contributed by atoms with Gasteiger partial charge >= 0.3 is 5.97 Å². The number of para-hydroxylation sites is 1. The van der Waals surface area contributed by atoms with Gasteiger partial charge < -0.3 is 14.8 Å². The smallest absolute Gasteiger partial charge is 0.342 e. The van der Waals surface area contributed by atoms with E-state index in [2.05, 4.69) is 4.98 Å². The Labute approximate surface area is 149 Å². The number of hydrogen-bond donors (Lipinski definition) is 2. The number of phenolic OH excluding ortho intramolecular Hbond substituents is 1. The number of phenols is 1. The molecule has 25 heavy (non-hydrogen) atoms. The summed E-state index contributed by atoms with van der Waals surface area (Å²) >= 11 is 5.84. The van der Waals surface area contributed by atoms with Crippen molar-refractivity contribution in [3.8, 4) is 5.75 Å². The molecule has 0 spiro atoms. The lowest BCUT2D eigenvalue weighted by molar-refractivity contribution is 0.0316. The summed E-state index contributed by atoms with van der Waals surface area (Å²) < 4.78 is 5.24. The largest absolute Gasteiger partial charge is 0.507 e. The lowest BCUT2D eigenvalue weighted by Gasteiger charge is -2.13. The molecular weight excluding hydrogens is 342 g/mol. The van der Waals surface area contributed by atoms with E-state index >= 15 is 0 Å². The minimum absolute atomic E-state index is 0.0807. The number of aromatic amines is 1. The van der Waals surface area contributed by atoms with Crippen molar-refractivity contribution in [2.75, 3.05) is 0 Å². The summed E-state index contributed by atoms with van der Waals surface area (Å²) in [6.07, 6.45) is -1.01. The number of esters is 1. The van der Waals surface area contributed by atoms with Crippen LogP contribution in [0.1, 0.15) is 33.3 Å². The Kier molecular flexibility index (Phi) is 4.51. The Bertz CT molecular complexity index is 977. The molecule has 0 amide bonds. The lowest BCUT2D eigenvalue weighted by Crippen LogP contribution is -2.25. The third-order valence-electron chi connectivity index (χ3n) is 3.97. The van der Waals surface area contributed by atoms with Gasteiger partial charge in [0.25, 0.3) is 0 Å². The van der Waals surface area contributed by atoms with Crippen LogP contribution in [0.25, 0.3) is 10.9 Å². The maximum absolute atomic E-state index is 12.8. The number of carbonyl (C=O) groups is 2. The van der Waals surface area contributed by atoms with Gasteiger partial charge in [0.2, 0.25) is 5.78 Å². The van der Waals surface area contributed by atoms with E-state index in [-0.39, 0.29) is 22.1 Å². The SMILES string of the molecule is Cc1[nH]c2ccccc2c1C(=O)[C@@H](C)OC(=O)c1cc(Cl)ccc1O. The van der Waals surface area contributed by atoms with Crippen LogP contribution in [0.5, 0.6) is 5.75 Å². The van der Waals surface area contributed by atoms with Crippen molar-refractivity contribution < 1.29 is 19.4 Å². The zero-order valence-corrected chi connectivity index (χ0v) is 14.4. The molecule has 1 heterocycles. The molecule has 0 saturated heterocycles. The van der Waals surface area contributed by atoms with Crippen molar-refractivity contribution in [2.24, 2.45) is 0 Å². The maximum atomic E-state index is 12.8. The second-order valence-electron chi connectivity index (χ2n) is 5.74. The molecule has 0 bridgehead atoms. The van der Waals surface area contributed by atoms with Gasteiger partial charge in [-0.3, -0.25) is 4.79 Å². The number of rotatable bonds is 4. The van der Waals surface area contributed by atoms with Crippen molar-refractivity contribution >= 4 is 34.3 Å². The van der Waals surface area contributed by atoms with Crippen molar-refractivity contribution in [1.82, 2.24) is 4.98 Å². The first-order chi connectivity index (χ1) is 11.9. The molecule has 0 aliphatic heterocycles. The highest BCUT2D eigenvalue weighted by Gasteiger charge is 2.25. The molecule has 5 nitrogen and oxygen atoms in total. The van der Waals surface area contributed by atoms with E-state index in [1.165, 1.54) is 25.1 Å². The Morgan fingerprint density at radius 3 is 2.68 bits per heavy atom. The van der Waals surface area contributed by atoms with E-state index < -0.39 is 12.1 Å². The highest BCUT2D eigenvalue weighted by atomic mass is 35.5. The first kappa shape index (κ1) is 17.0. The van der Waals surface area contributed by atoms with E-state index in [0.29, 0.717) is 11.3 Å². The third-order valence-corrected chi connectivity index (χ3v) is 4.21. The number of Topliss-reactive ketones (excluding diaryl/α,β-unsaturated/α-hetero) is 1. The van der Waals surface area contributed by atoms with Gasteiger partial charge in [0.1, 0.15) is 11.3 Å². The second-order valence-corrected chi connectivity index (χ2v) is 6.18. The third kappa shape index (κ3) is 3.23. The molecule has 1 atom stereocenters. The van der Waals surface area contributed by atoms with Gasteiger partial charge in [0.15, 0.2) is 6.10 Å². The van der Waals surface area contributed by atoms with Crippen molar-refractivity contribution in [2.45, 2.75) is 20.0 Å². The fourth-order valence-corrected chi connectivity index (χ4v) is 2.92. The summed E-state index contributed by atoms with van der Waals surface area (Å²) in [6, 6.07) is 11.5. The number of aryl methyl sites for hydroxylation is 1. The Hall–Kier alpha value is -2.79. The number of benzene rings is 2. The number of aromatic hydroxyl groups is 1. The summed E-state index contributed by atoms with van der Waals surface area (Å²) in [7, 11) is 0. The summed E-state index contributed by atoms with van der Waals surface area (Å²) in [6.45, 7) is 3.30. The molecule has 3 rings (SSSR count). The highest BCUT2D eigenvalue weighted by Crippen LogP contribution is 2.26. The molecular formula is C19H16ClNO4. The topological polar surface area (TPSA) is 79.4 Å². The van der Waals surface area contributed by atoms with Crippen LogP contribution in [-0.2, 0) is 4.74 Å². The van der Waals surface area contributed by atoms with Gasteiger partial charge in [0, 0.05) is 27.2 Å². The van der Waals surface area contributed by atoms with Crippen LogP contribution < -0.4 is 0 Å². The van der Waals surface area contributed by atoms with E-state index in [1.807, 2.05) is 24.3 Å². The highest BCUT2D eigenvalue weighted by molar-refractivity contribution is 6.31. The van der Waals surface area contributed by atoms with Crippen molar-refractivity contribution in [1.29, 1.82) is 0 Å². The number of H-pyrrole nitrogens is 1. The minimum Gasteiger partial charge on any atom is -0.507 e. The number of ether oxygens (including phenoxy) is 1. The van der Waals surface area contributed by atoms with E-state index in [4.69, 9.17) is 16.3 Å². The van der Waals surface area contributed by atoms with Gasteiger partial charge in [-0.1, -0.05) is 29.8 Å². The maximum Gasteiger partial charge on any atom is 0.342 e. The van der Waals surface area contributed by atoms with Crippen LogP contribution in [0.2, 0.25) is 5.02 Å². The molecule has 0 aliphatic carbocycles. The monoisotopic (exact) mass is 357 g/mol. The van der Waals surface area contributed by atoms with E-state index in [0.717, 1.165) is 10.9 Å². The Morgan fingerprint density at radius 1 is 1.20 bits per heavy atom. The van der Waals surface area contributed by atoms with Crippen molar-refractivity contribution in [3.63, 3.8) is 0 Å². The predicted molar refractivity (Wildman–Crippen MR) is 95.4 cm³/mol. The predicted octanol–water partition coefficient (Wildman–Crippen LogP) is 4.26. The van der Waals surface area contributed by atoms with E-state index in [1.54, 1.807) is 6.92 Å². The zero-order chi connectivity index (χ0) is 18.1. The minimum atomic E-state index is -1.01. The van der Waals surface area contributed by atoms with E-state index in [9.17, 15) is 14.7 Å². The average Bonchev–Trinajstić information content (AvgIpc) is 2.91. The number of nitrogens with one attached hydrogen (secondary N) is 1. The number of carbonyl (C=O) groups excluding carboxylic acids is 2. The molecule has 1 aromatic heterocycles. The summed E-state index contributed by atoms with van der Waals surface area (Å²) in [4.78, 5) is 28.2. The van der Waals surface area contributed by atoms with Crippen LogP contribution in [0.15, 0.2) is 42.5 Å². The number of ketones is 1. The number of aromatic nitrogens is 1. The van der Waals surface area contributed by atoms with Crippen molar-refractivity contribution in [3.05, 3.63) is 64.3 Å². The molecule has 2 N–H and O–H groups in total. The van der Waals surface area contributed by atoms with Gasteiger partial charge in [0.05, 0.1) is 0 Å². The zero-order valence-electron chi connectivity index (χ0n) is 13.7.